The van der Waals surface area contributed by atoms with E-state index < -0.39 is 0 Å². The summed E-state index contributed by atoms with van der Waals surface area (Å²) >= 11 is 7.39. The van der Waals surface area contributed by atoms with Crippen molar-refractivity contribution >= 4 is 46.2 Å². The predicted octanol–water partition coefficient (Wildman–Crippen LogP) is 4.28. The van der Waals surface area contributed by atoms with Crippen molar-refractivity contribution in [2.75, 3.05) is 13.9 Å². The van der Waals surface area contributed by atoms with E-state index in [4.69, 9.17) is 25.8 Å². The smallest absolute Gasteiger partial charge is 0.264 e. The van der Waals surface area contributed by atoms with Crippen molar-refractivity contribution in [1.29, 1.82) is 0 Å². The van der Waals surface area contributed by atoms with Crippen molar-refractivity contribution in [3.8, 4) is 17.2 Å². The van der Waals surface area contributed by atoms with Gasteiger partial charge in [-0.25, -0.2) is 4.99 Å². The fourth-order valence-electron chi connectivity index (χ4n) is 2.68. The number of nitrogens with one attached hydrogen (secondary N) is 1. The molecule has 1 amide bonds. The van der Waals surface area contributed by atoms with E-state index in [0.29, 0.717) is 38.0 Å². The SMILES string of the molecule is COc1cc2c(cc1C=C1SC(=Nc3cccc(Cl)c3C)NC1=O)OCO2. The second kappa shape index (κ2) is 7.17. The van der Waals surface area contributed by atoms with E-state index in [2.05, 4.69) is 10.3 Å². The molecule has 138 valence electrons. The number of carbonyl (C=O) groups excluding carboxylic acids is 1. The van der Waals surface area contributed by atoms with Crippen LogP contribution in [-0.2, 0) is 4.79 Å². The summed E-state index contributed by atoms with van der Waals surface area (Å²) in [6.07, 6.45) is 1.74. The Morgan fingerprint density at radius 1 is 1.30 bits per heavy atom. The van der Waals surface area contributed by atoms with Crippen LogP contribution in [0.5, 0.6) is 17.2 Å². The molecule has 0 spiro atoms. The van der Waals surface area contributed by atoms with Crippen LogP contribution in [0.3, 0.4) is 0 Å². The number of rotatable bonds is 3. The number of fused-ring (bicyclic) bond motifs is 1. The van der Waals surface area contributed by atoms with Crippen LogP contribution in [0.4, 0.5) is 5.69 Å². The number of thioether (sulfide) groups is 1. The standard InChI is InChI=1S/C19H15ClN2O4S/c1-10-12(20)4-3-5-13(10)21-19-22-18(23)17(27-19)7-11-6-15-16(26-9-25-15)8-14(11)24-2/h3-8H,9H2,1-2H3,(H,21,22,23). The van der Waals surface area contributed by atoms with Gasteiger partial charge in [-0.1, -0.05) is 17.7 Å². The molecule has 0 saturated carbocycles. The highest BCUT2D eigenvalue weighted by molar-refractivity contribution is 8.18. The molecule has 0 atom stereocenters. The molecular formula is C19H15ClN2O4S. The molecule has 1 saturated heterocycles. The molecule has 1 fully saturated rings. The fourth-order valence-corrected chi connectivity index (χ4v) is 3.67. The zero-order valence-electron chi connectivity index (χ0n) is 14.5. The molecule has 2 heterocycles. The van der Waals surface area contributed by atoms with Gasteiger partial charge in [-0.2, -0.15) is 0 Å². The fraction of sp³-hybridized carbons (Fsp3) is 0.158. The van der Waals surface area contributed by atoms with Crippen molar-refractivity contribution in [3.05, 3.63) is 51.4 Å². The van der Waals surface area contributed by atoms with Crippen molar-refractivity contribution in [2.24, 2.45) is 4.99 Å². The number of ether oxygens (including phenoxy) is 3. The van der Waals surface area contributed by atoms with Crippen LogP contribution in [-0.4, -0.2) is 25.0 Å². The Hall–Kier alpha value is -2.64. The molecule has 6 nitrogen and oxygen atoms in total. The van der Waals surface area contributed by atoms with Crippen LogP contribution in [0.15, 0.2) is 40.2 Å². The lowest BCUT2D eigenvalue weighted by Gasteiger charge is -2.06. The number of halogens is 1. The lowest BCUT2D eigenvalue weighted by molar-refractivity contribution is -0.115. The second-order valence-corrected chi connectivity index (χ2v) is 7.25. The third-order valence-electron chi connectivity index (χ3n) is 4.12. The average Bonchev–Trinajstić information content (AvgIpc) is 3.24. The van der Waals surface area contributed by atoms with E-state index in [1.54, 1.807) is 31.4 Å². The summed E-state index contributed by atoms with van der Waals surface area (Å²) < 4.78 is 16.2. The Morgan fingerprint density at radius 2 is 2.07 bits per heavy atom. The first-order valence-electron chi connectivity index (χ1n) is 8.07. The molecule has 8 heteroatoms. The Bertz CT molecular complexity index is 1000. The van der Waals surface area contributed by atoms with Gasteiger partial charge in [-0.15, -0.1) is 0 Å². The largest absolute Gasteiger partial charge is 0.496 e. The van der Waals surface area contributed by atoms with Gasteiger partial charge in [0.1, 0.15) is 5.75 Å². The van der Waals surface area contributed by atoms with Gasteiger partial charge in [0.2, 0.25) is 6.79 Å². The van der Waals surface area contributed by atoms with Gasteiger partial charge in [0.25, 0.3) is 5.91 Å². The topological polar surface area (TPSA) is 69.2 Å². The molecule has 2 aliphatic heterocycles. The van der Waals surface area contributed by atoms with Crippen LogP contribution in [0, 0.1) is 6.92 Å². The number of hydrogen-bond donors (Lipinski definition) is 1. The van der Waals surface area contributed by atoms with E-state index in [9.17, 15) is 4.79 Å². The van der Waals surface area contributed by atoms with Gasteiger partial charge in [0.05, 0.1) is 17.7 Å². The van der Waals surface area contributed by atoms with Crippen molar-refractivity contribution in [2.45, 2.75) is 6.92 Å². The van der Waals surface area contributed by atoms with Crippen LogP contribution >= 0.6 is 23.4 Å². The highest BCUT2D eigenvalue weighted by Gasteiger charge is 2.25. The van der Waals surface area contributed by atoms with Gasteiger partial charge in [0.15, 0.2) is 16.7 Å². The summed E-state index contributed by atoms with van der Waals surface area (Å²) in [5.41, 5.74) is 2.29. The number of nitrogens with zero attached hydrogens (tertiary/aromatic N) is 1. The Balaban J connectivity index is 1.65. The van der Waals surface area contributed by atoms with Gasteiger partial charge < -0.3 is 19.5 Å². The maximum absolute atomic E-state index is 12.4. The molecule has 0 aromatic heterocycles. The first-order valence-corrected chi connectivity index (χ1v) is 9.27. The molecule has 0 bridgehead atoms. The highest BCUT2D eigenvalue weighted by atomic mass is 35.5. The summed E-state index contributed by atoms with van der Waals surface area (Å²) in [4.78, 5) is 17.4. The third-order valence-corrected chi connectivity index (χ3v) is 5.44. The minimum Gasteiger partial charge on any atom is -0.496 e. The molecule has 27 heavy (non-hydrogen) atoms. The quantitative estimate of drug-likeness (QED) is 0.776. The Kier molecular flexibility index (Phi) is 4.72. The van der Waals surface area contributed by atoms with E-state index in [1.165, 1.54) is 11.8 Å². The van der Waals surface area contributed by atoms with Crippen LogP contribution in [0.1, 0.15) is 11.1 Å². The Morgan fingerprint density at radius 3 is 2.85 bits per heavy atom. The van der Waals surface area contributed by atoms with E-state index >= 15 is 0 Å². The number of carbonyl (C=O) groups is 1. The average molecular weight is 403 g/mol. The van der Waals surface area contributed by atoms with Crippen molar-refractivity contribution < 1.29 is 19.0 Å². The van der Waals surface area contributed by atoms with E-state index in [0.717, 1.165) is 11.1 Å². The highest BCUT2D eigenvalue weighted by Crippen LogP contribution is 2.40. The monoisotopic (exact) mass is 402 g/mol. The summed E-state index contributed by atoms with van der Waals surface area (Å²) in [7, 11) is 1.57. The number of amidine groups is 1. The first kappa shape index (κ1) is 17.8. The summed E-state index contributed by atoms with van der Waals surface area (Å²) in [5, 5.41) is 3.90. The molecule has 0 aliphatic carbocycles. The third kappa shape index (κ3) is 3.48. The van der Waals surface area contributed by atoms with E-state index in [-0.39, 0.29) is 12.7 Å². The molecule has 0 unspecified atom stereocenters. The lowest BCUT2D eigenvalue weighted by atomic mass is 10.1. The predicted molar refractivity (Wildman–Crippen MR) is 106 cm³/mol. The normalized spacial score (nSPS) is 18.3. The second-order valence-electron chi connectivity index (χ2n) is 5.81. The summed E-state index contributed by atoms with van der Waals surface area (Å²) in [5.74, 6) is 1.61. The minimum atomic E-state index is -0.224. The first-order chi connectivity index (χ1) is 13.0. The number of aliphatic imine (C=N–C) groups is 1. The minimum absolute atomic E-state index is 0.170. The van der Waals surface area contributed by atoms with Crippen molar-refractivity contribution in [1.82, 2.24) is 5.32 Å². The van der Waals surface area contributed by atoms with Crippen LogP contribution in [0.25, 0.3) is 6.08 Å². The molecule has 2 aromatic carbocycles. The summed E-state index contributed by atoms with van der Waals surface area (Å²) in [6, 6.07) is 9.01. The van der Waals surface area contributed by atoms with Gasteiger partial charge in [-0.05, 0) is 48.5 Å². The zero-order chi connectivity index (χ0) is 19.0. The molecular weight excluding hydrogens is 388 g/mol. The Labute approximate surface area is 165 Å². The molecule has 2 aromatic rings. The maximum atomic E-state index is 12.4. The number of amides is 1. The van der Waals surface area contributed by atoms with E-state index in [1.807, 2.05) is 19.1 Å². The number of methoxy groups -OCH3 is 1. The van der Waals surface area contributed by atoms with Crippen molar-refractivity contribution in [3.63, 3.8) is 0 Å². The zero-order valence-corrected chi connectivity index (χ0v) is 16.1. The maximum Gasteiger partial charge on any atom is 0.264 e. The molecule has 4 rings (SSSR count). The van der Waals surface area contributed by atoms with Crippen LogP contribution < -0.4 is 19.5 Å². The molecule has 2 aliphatic rings. The lowest BCUT2D eigenvalue weighted by Crippen LogP contribution is -2.19. The van der Waals surface area contributed by atoms with Gasteiger partial charge >= 0.3 is 0 Å². The molecule has 0 radical (unpaired) electrons. The van der Waals surface area contributed by atoms with Crippen LogP contribution in [0.2, 0.25) is 5.02 Å². The van der Waals surface area contributed by atoms with Gasteiger partial charge in [0, 0.05) is 16.7 Å². The molecule has 1 N–H and O–H groups in total. The number of hydrogen-bond acceptors (Lipinski definition) is 6. The number of benzene rings is 2. The van der Waals surface area contributed by atoms with Gasteiger partial charge in [-0.3, -0.25) is 4.79 Å². The summed E-state index contributed by atoms with van der Waals surface area (Å²) in [6.45, 7) is 2.06.